The van der Waals surface area contributed by atoms with Crippen LogP contribution in [0.1, 0.15) is 26.2 Å². The summed E-state index contributed by atoms with van der Waals surface area (Å²) >= 11 is 0. The smallest absolute Gasteiger partial charge is 0.142 e. The van der Waals surface area contributed by atoms with Gasteiger partial charge >= 0.3 is 0 Å². The molecule has 90 valence electrons. The molecule has 0 bridgehead atoms. The van der Waals surface area contributed by atoms with Crippen LogP contribution in [0.25, 0.3) is 0 Å². The van der Waals surface area contributed by atoms with Crippen LogP contribution in [0, 0.1) is 0 Å². The maximum atomic E-state index is 5.73. The largest absolute Gasteiger partial charge is 0.382 e. The Morgan fingerprint density at radius 3 is 2.88 bits per heavy atom. The molecule has 0 aliphatic carbocycles. The second-order valence-corrected chi connectivity index (χ2v) is 4.60. The van der Waals surface area contributed by atoms with Gasteiger partial charge in [-0.15, -0.1) is 0 Å². The topological polar surface area (TPSA) is 70.0 Å². The minimum Gasteiger partial charge on any atom is -0.382 e. The normalized spacial score (nSPS) is 19.6. The van der Waals surface area contributed by atoms with E-state index in [1.807, 2.05) is 0 Å². The molecule has 1 unspecified atom stereocenters. The van der Waals surface area contributed by atoms with E-state index >= 15 is 0 Å². The summed E-state index contributed by atoms with van der Waals surface area (Å²) in [5, 5.41) is 10.0. The van der Waals surface area contributed by atoms with Crippen molar-refractivity contribution in [3.63, 3.8) is 0 Å². The van der Waals surface area contributed by atoms with Gasteiger partial charge in [0.1, 0.15) is 5.82 Å². The zero-order chi connectivity index (χ0) is 11.4. The summed E-state index contributed by atoms with van der Waals surface area (Å²) < 4.78 is 0. The van der Waals surface area contributed by atoms with Crippen LogP contribution < -0.4 is 11.1 Å². The Morgan fingerprint density at radius 2 is 2.25 bits per heavy atom. The van der Waals surface area contributed by atoms with Gasteiger partial charge in [0, 0.05) is 12.6 Å². The number of nitrogens with two attached hydrogens (primary N) is 1. The van der Waals surface area contributed by atoms with Gasteiger partial charge in [-0.25, -0.2) is 0 Å². The number of hydrogen-bond donors (Lipinski definition) is 3. The molecule has 4 N–H and O–H groups in total. The highest BCUT2D eigenvalue weighted by Crippen LogP contribution is 2.15. The molecule has 1 aromatic heterocycles. The number of nitrogen functional groups attached to an aromatic ring is 1. The molecule has 0 spiro atoms. The van der Waals surface area contributed by atoms with Crippen LogP contribution >= 0.6 is 0 Å². The van der Waals surface area contributed by atoms with Crippen LogP contribution in [-0.4, -0.2) is 40.8 Å². The molecule has 2 rings (SSSR count). The molecule has 1 aliphatic rings. The minimum atomic E-state index is 0.401. The van der Waals surface area contributed by atoms with E-state index in [-0.39, 0.29) is 0 Å². The molecule has 1 atom stereocenters. The van der Waals surface area contributed by atoms with Crippen LogP contribution in [0.3, 0.4) is 0 Å². The average molecular weight is 223 g/mol. The highest BCUT2D eigenvalue weighted by Gasteiger charge is 2.14. The summed E-state index contributed by atoms with van der Waals surface area (Å²) in [6.07, 6.45) is 5.79. The first-order chi connectivity index (χ1) is 7.75. The molecule has 0 radical (unpaired) electrons. The van der Waals surface area contributed by atoms with E-state index in [2.05, 4.69) is 27.3 Å². The fourth-order valence-corrected chi connectivity index (χ4v) is 2.25. The number of nitrogens with zero attached hydrogens (tertiary/aromatic N) is 2. The summed E-state index contributed by atoms with van der Waals surface area (Å²) in [4.78, 5) is 2.51. The Bertz CT molecular complexity index is 316. The Morgan fingerprint density at radius 1 is 1.50 bits per heavy atom. The quantitative estimate of drug-likeness (QED) is 0.719. The van der Waals surface area contributed by atoms with Crippen molar-refractivity contribution in [3.05, 3.63) is 6.20 Å². The predicted octanol–water partition coefficient (Wildman–Crippen LogP) is 1.28. The van der Waals surface area contributed by atoms with Crippen LogP contribution in [0.2, 0.25) is 0 Å². The van der Waals surface area contributed by atoms with Gasteiger partial charge < -0.3 is 16.0 Å². The van der Waals surface area contributed by atoms with Crippen molar-refractivity contribution in [1.82, 2.24) is 15.1 Å². The van der Waals surface area contributed by atoms with E-state index in [9.17, 15) is 0 Å². The highest BCUT2D eigenvalue weighted by molar-refractivity contribution is 5.60. The molecule has 1 aliphatic heterocycles. The first kappa shape index (κ1) is 11.3. The molecule has 0 saturated carbocycles. The SMILES string of the molecule is CC(CN1CCCCC1)Nc1cn[nH]c1N. The summed E-state index contributed by atoms with van der Waals surface area (Å²) in [5.41, 5.74) is 6.63. The van der Waals surface area contributed by atoms with Crippen molar-refractivity contribution >= 4 is 11.5 Å². The number of likely N-dealkylation sites (tertiary alicyclic amines) is 1. The lowest BCUT2D eigenvalue weighted by Gasteiger charge is -2.29. The monoisotopic (exact) mass is 223 g/mol. The molecule has 16 heavy (non-hydrogen) atoms. The summed E-state index contributed by atoms with van der Waals surface area (Å²) in [5.74, 6) is 0.616. The highest BCUT2D eigenvalue weighted by atomic mass is 15.2. The Kier molecular flexibility index (Phi) is 3.66. The van der Waals surface area contributed by atoms with E-state index in [1.54, 1.807) is 6.20 Å². The molecule has 1 aromatic rings. The van der Waals surface area contributed by atoms with E-state index in [0.717, 1.165) is 12.2 Å². The predicted molar refractivity (Wildman–Crippen MR) is 66.4 cm³/mol. The second kappa shape index (κ2) is 5.21. The number of rotatable bonds is 4. The van der Waals surface area contributed by atoms with Crippen molar-refractivity contribution in [2.45, 2.75) is 32.2 Å². The summed E-state index contributed by atoms with van der Waals surface area (Å²) in [6.45, 7) is 5.71. The summed E-state index contributed by atoms with van der Waals surface area (Å²) in [7, 11) is 0. The Labute approximate surface area is 96.4 Å². The molecule has 1 saturated heterocycles. The van der Waals surface area contributed by atoms with Crippen molar-refractivity contribution in [3.8, 4) is 0 Å². The van der Waals surface area contributed by atoms with E-state index in [4.69, 9.17) is 5.73 Å². The first-order valence-corrected chi connectivity index (χ1v) is 6.03. The van der Waals surface area contributed by atoms with Crippen molar-refractivity contribution < 1.29 is 0 Å². The number of hydrogen-bond acceptors (Lipinski definition) is 4. The second-order valence-electron chi connectivity index (χ2n) is 4.60. The third-order valence-electron chi connectivity index (χ3n) is 3.05. The third-order valence-corrected chi connectivity index (χ3v) is 3.05. The molecule has 0 amide bonds. The zero-order valence-electron chi connectivity index (χ0n) is 9.87. The molecule has 2 heterocycles. The van der Waals surface area contributed by atoms with E-state index in [0.29, 0.717) is 11.9 Å². The van der Waals surface area contributed by atoms with Crippen molar-refractivity contribution in [2.75, 3.05) is 30.7 Å². The van der Waals surface area contributed by atoms with Gasteiger partial charge in [0.25, 0.3) is 0 Å². The molecule has 1 fully saturated rings. The molecular weight excluding hydrogens is 202 g/mol. The number of aromatic nitrogens is 2. The average Bonchev–Trinajstić information content (AvgIpc) is 2.66. The fraction of sp³-hybridized carbons (Fsp3) is 0.727. The third kappa shape index (κ3) is 2.88. The first-order valence-electron chi connectivity index (χ1n) is 6.03. The van der Waals surface area contributed by atoms with Crippen LogP contribution in [0.15, 0.2) is 6.20 Å². The molecule has 5 nitrogen and oxygen atoms in total. The lowest BCUT2D eigenvalue weighted by molar-refractivity contribution is 0.223. The zero-order valence-corrected chi connectivity index (χ0v) is 9.87. The van der Waals surface area contributed by atoms with E-state index in [1.165, 1.54) is 32.4 Å². The van der Waals surface area contributed by atoms with Gasteiger partial charge in [0.2, 0.25) is 0 Å². The van der Waals surface area contributed by atoms with Gasteiger partial charge in [0.15, 0.2) is 0 Å². The summed E-state index contributed by atoms with van der Waals surface area (Å²) in [6, 6.07) is 0.401. The van der Waals surface area contributed by atoms with Crippen LogP contribution in [0.4, 0.5) is 11.5 Å². The lowest BCUT2D eigenvalue weighted by atomic mass is 10.1. The van der Waals surface area contributed by atoms with Crippen molar-refractivity contribution in [1.29, 1.82) is 0 Å². The van der Waals surface area contributed by atoms with Gasteiger partial charge in [-0.1, -0.05) is 6.42 Å². The molecule has 0 aromatic carbocycles. The molecular formula is C11H21N5. The van der Waals surface area contributed by atoms with Gasteiger partial charge in [-0.05, 0) is 32.9 Å². The maximum Gasteiger partial charge on any atom is 0.142 e. The lowest BCUT2D eigenvalue weighted by Crippen LogP contribution is -2.38. The van der Waals surface area contributed by atoms with Crippen LogP contribution in [-0.2, 0) is 0 Å². The minimum absolute atomic E-state index is 0.401. The van der Waals surface area contributed by atoms with Gasteiger partial charge in [-0.3, -0.25) is 5.10 Å². The maximum absolute atomic E-state index is 5.73. The van der Waals surface area contributed by atoms with E-state index < -0.39 is 0 Å². The van der Waals surface area contributed by atoms with Gasteiger partial charge in [-0.2, -0.15) is 5.10 Å². The number of H-pyrrole nitrogens is 1. The molecule has 5 heteroatoms. The number of piperidine rings is 1. The number of nitrogens with one attached hydrogen (secondary N) is 2. The van der Waals surface area contributed by atoms with Gasteiger partial charge in [0.05, 0.1) is 11.9 Å². The Balaban J connectivity index is 1.79. The van der Waals surface area contributed by atoms with Crippen LogP contribution in [0.5, 0.6) is 0 Å². The standard InChI is InChI=1S/C11H21N5/c1-9(8-16-5-3-2-4-6-16)14-10-7-13-15-11(10)12/h7,9,14H,2-6,8H2,1H3,(H3,12,13,15). The van der Waals surface area contributed by atoms with Crippen molar-refractivity contribution in [2.24, 2.45) is 0 Å². The fourth-order valence-electron chi connectivity index (χ4n) is 2.25. The Hall–Kier alpha value is -1.23. The number of aromatic amines is 1. The number of anilines is 2.